The number of ether oxygens (including phenoxy) is 3. The summed E-state index contributed by atoms with van der Waals surface area (Å²) in [5.41, 5.74) is 7.68. The van der Waals surface area contributed by atoms with Gasteiger partial charge in [0, 0.05) is 51.3 Å². The third kappa shape index (κ3) is 5.11. The Morgan fingerprint density at radius 1 is 1.39 bits per heavy atom. The minimum atomic E-state index is -0.175. The van der Waals surface area contributed by atoms with Crippen LogP contribution in [0.1, 0.15) is 21.7 Å². The van der Waals surface area contributed by atoms with Crippen molar-refractivity contribution < 1.29 is 19.0 Å². The number of rotatable bonds is 9. The molecular formula is C19H28N4O4S. The number of nitrogens with one attached hydrogen (secondary N) is 1. The number of aromatic nitrogens is 1. The largest absolute Gasteiger partial charge is 0.476 e. The molecule has 0 bridgehead atoms. The Kier molecular flexibility index (Phi) is 7.43. The summed E-state index contributed by atoms with van der Waals surface area (Å²) in [5.74, 6) is 0.386. The van der Waals surface area contributed by atoms with Crippen LogP contribution in [0.25, 0.3) is 10.2 Å². The van der Waals surface area contributed by atoms with Gasteiger partial charge in [-0.05, 0) is 18.9 Å². The number of nitrogens with zero attached hydrogens (tertiary/aromatic N) is 2. The smallest absolute Gasteiger partial charge is 0.263 e. The van der Waals surface area contributed by atoms with Crippen LogP contribution in [-0.4, -0.2) is 75.5 Å². The number of pyridine rings is 1. The number of nitrogen functional groups attached to an aromatic ring is 1. The number of hydrogen-bond donors (Lipinski definition) is 2. The number of thiophene rings is 1. The quantitative estimate of drug-likeness (QED) is 0.609. The van der Waals surface area contributed by atoms with E-state index in [4.69, 9.17) is 19.9 Å². The molecule has 2 aromatic rings. The van der Waals surface area contributed by atoms with E-state index in [0.717, 1.165) is 55.0 Å². The highest BCUT2D eigenvalue weighted by molar-refractivity contribution is 7.21. The molecule has 9 heteroatoms. The number of morpholine rings is 1. The number of carbonyl (C=O) groups is 1. The summed E-state index contributed by atoms with van der Waals surface area (Å²) in [4.78, 5) is 20.5. The predicted molar refractivity (Wildman–Crippen MR) is 110 cm³/mol. The molecule has 1 fully saturated rings. The van der Waals surface area contributed by atoms with Gasteiger partial charge in [0.1, 0.15) is 16.3 Å². The highest BCUT2D eigenvalue weighted by Gasteiger charge is 2.19. The monoisotopic (exact) mass is 408 g/mol. The van der Waals surface area contributed by atoms with Crippen molar-refractivity contribution in [3.05, 3.63) is 16.5 Å². The predicted octanol–water partition coefficient (Wildman–Crippen LogP) is 1.66. The van der Waals surface area contributed by atoms with Crippen molar-refractivity contribution in [1.29, 1.82) is 0 Å². The van der Waals surface area contributed by atoms with Gasteiger partial charge in [0.05, 0.1) is 18.9 Å². The Balaban J connectivity index is 1.65. The molecule has 2 aromatic heterocycles. The summed E-state index contributed by atoms with van der Waals surface area (Å²) >= 11 is 1.30. The molecule has 1 aliphatic heterocycles. The molecule has 3 heterocycles. The maximum atomic E-state index is 12.4. The SMILES string of the molecule is COCCCNC(=O)c1sc2nc(OCCN3CCOCC3)cc(C)c2c1N. The van der Waals surface area contributed by atoms with E-state index in [1.165, 1.54) is 11.3 Å². The first kappa shape index (κ1) is 20.8. The van der Waals surface area contributed by atoms with Crippen molar-refractivity contribution in [2.24, 2.45) is 0 Å². The minimum absolute atomic E-state index is 0.175. The molecule has 1 aliphatic rings. The van der Waals surface area contributed by atoms with Crippen LogP contribution in [0.5, 0.6) is 5.88 Å². The van der Waals surface area contributed by atoms with Gasteiger partial charge in [0.2, 0.25) is 5.88 Å². The molecule has 0 spiro atoms. The molecule has 0 radical (unpaired) electrons. The molecule has 0 atom stereocenters. The van der Waals surface area contributed by atoms with Crippen LogP contribution >= 0.6 is 11.3 Å². The fourth-order valence-corrected chi connectivity index (χ4v) is 4.21. The van der Waals surface area contributed by atoms with Gasteiger partial charge in [-0.15, -0.1) is 11.3 Å². The van der Waals surface area contributed by atoms with Crippen LogP contribution in [0.4, 0.5) is 5.69 Å². The zero-order chi connectivity index (χ0) is 19.9. The number of nitrogens with two attached hydrogens (primary N) is 1. The molecule has 3 N–H and O–H groups in total. The second kappa shape index (κ2) is 10.0. The van der Waals surface area contributed by atoms with Crippen LogP contribution in [0.15, 0.2) is 6.07 Å². The van der Waals surface area contributed by atoms with Gasteiger partial charge in [0.25, 0.3) is 5.91 Å². The molecule has 8 nitrogen and oxygen atoms in total. The van der Waals surface area contributed by atoms with Gasteiger partial charge >= 0.3 is 0 Å². The molecule has 3 rings (SSSR count). The topological polar surface area (TPSA) is 98.9 Å². The van der Waals surface area contributed by atoms with Crippen molar-refractivity contribution in [2.75, 3.05) is 65.5 Å². The van der Waals surface area contributed by atoms with E-state index in [9.17, 15) is 4.79 Å². The van der Waals surface area contributed by atoms with Crippen LogP contribution < -0.4 is 15.8 Å². The van der Waals surface area contributed by atoms with E-state index >= 15 is 0 Å². The summed E-state index contributed by atoms with van der Waals surface area (Å²) < 4.78 is 16.2. The van der Waals surface area contributed by atoms with Crippen molar-refractivity contribution in [1.82, 2.24) is 15.2 Å². The third-order valence-electron chi connectivity index (χ3n) is 4.65. The van der Waals surface area contributed by atoms with Gasteiger partial charge in [-0.3, -0.25) is 9.69 Å². The van der Waals surface area contributed by atoms with Crippen molar-refractivity contribution in [3.63, 3.8) is 0 Å². The second-order valence-electron chi connectivity index (χ2n) is 6.71. The average molecular weight is 409 g/mol. The number of fused-ring (bicyclic) bond motifs is 1. The zero-order valence-electron chi connectivity index (χ0n) is 16.5. The van der Waals surface area contributed by atoms with E-state index in [1.54, 1.807) is 7.11 Å². The lowest BCUT2D eigenvalue weighted by Gasteiger charge is -2.26. The van der Waals surface area contributed by atoms with Crippen LogP contribution in [0, 0.1) is 6.92 Å². The Morgan fingerprint density at radius 2 is 2.18 bits per heavy atom. The molecule has 0 saturated carbocycles. The number of anilines is 1. The molecule has 1 saturated heterocycles. The van der Waals surface area contributed by atoms with Crippen LogP contribution in [0.3, 0.4) is 0 Å². The Morgan fingerprint density at radius 3 is 2.93 bits per heavy atom. The van der Waals surface area contributed by atoms with Crippen molar-refractivity contribution >= 4 is 33.1 Å². The highest BCUT2D eigenvalue weighted by Crippen LogP contribution is 2.36. The number of hydrogen-bond acceptors (Lipinski definition) is 8. The molecule has 0 unspecified atom stereocenters. The van der Waals surface area contributed by atoms with E-state index in [2.05, 4.69) is 15.2 Å². The maximum absolute atomic E-state index is 12.4. The van der Waals surface area contributed by atoms with E-state index in [1.807, 2.05) is 13.0 Å². The van der Waals surface area contributed by atoms with Gasteiger partial charge < -0.3 is 25.3 Å². The Labute approximate surface area is 168 Å². The van der Waals surface area contributed by atoms with Crippen molar-refractivity contribution in [2.45, 2.75) is 13.3 Å². The molecule has 28 heavy (non-hydrogen) atoms. The first-order valence-electron chi connectivity index (χ1n) is 9.49. The Bertz CT molecular complexity index is 805. The third-order valence-corrected chi connectivity index (χ3v) is 5.75. The fourth-order valence-electron chi connectivity index (χ4n) is 3.13. The number of amides is 1. The van der Waals surface area contributed by atoms with E-state index in [-0.39, 0.29) is 5.91 Å². The molecule has 0 aromatic carbocycles. The molecular weight excluding hydrogens is 380 g/mol. The number of aryl methyl sites for hydroxylation is 1. The standard InChI is InChI=1S/C19H28N4O4S/c1-13-12-14(27-11-7-23-5-9-26-10-6-23)22-19-15(13)16(20)17(28-19)18(24)21-4-3-8-25-2/h12H,3-11,20H2,1-2H3,(H,21,24). The lowest BCUT2D eigenvalue weighted by Crippen LogP contribution is -2.38. The second-order valence-corrected chi connectivity index (χ2v) is 7.71. The van der Waals surface area contributed by atoms with Crippen LogP contribution in [-0.2, 0) is 9.47 Å². The van der Waals surface area contributed by atoms with Gasteiger partial charge in [-0.2, -0.15) is 0 Å². The minimum Gasteiger partial charge on any atom is -0.476 e. The summed E-state index contributed by atoms with van der Waals surface area (Å²) in [6.45, 7) is 7.91. The summed E-state index contributed by atoms with van der Waals surface area (Å²) in [5, 5.41) is 3.70. The highest BCUT2D eigenvalue weighted by atomic mass is 32.1. The maximum Gasteiger partial charge on any atom is 0.263 e. The number of carbonyl (C=O) groups excluding carboxylic acids is 1. The summed E-state index contributed by atoms with van der Waals surface area (Å²) in [6, 6.07) is 1.88. The van der Waals surface area contributed by atoms with Crippen LogP contribution in [0.2, 0.25) is 0 Å². The normalized spacial score (nSPS) is 15.1. The van der Waals surface area contributed by atoms with Gasteiger partial charge in [-0.1, -0.05) is 0 Å². The first-order chi connectivity index (χ1) is 13.6. The molecule has 154 valence electrons. The van der Waals surface area contributed by atoms with E-state index < -0.39 is 0 Å². The lowest BCUT2D eigenvalue weighted by atomic mass is 10.1. The summed E-state index contributed by atoms with van der Waals surface area (Å²) in [7, 11) is 1.64. The summed E-state index contributed by atoms with van der Waals surface area (Å²) in [6.07, 6.45) is 0.755. The first-order valence-corrected chi connectivity index (χ1v) is 10.3. The average Bonchev–Trinajstić information content (AvgIpc) is 3.03. The van der Waals surface area contributed by atoms with Gasteiger partial charge in [0.15, 0.2) is 0 Å². The number of methoxy groups -OCH3 is 1. The molecule has 0 aliphatic carbocycles. The van der Waals surface area contributed by atoms with E-state index in [0.29, 0.717) is 36.2 Å². The Hall–Kier alpha value is -1.94. The molecule has 1 amide bonds. The van der Waals surface area contributed by atoms with Crippen molar-refractivity contribution in [3.8, 4) is 5.88 Å². The zero-order valence-corrected chi connectivity index (χ0v) is 17.3. The lowest BCUT2D eigenvalue weighted by molar-refractivity contribution is 0.0320. The van der Waals surface area contributed by atoms with Gasteiger partial charge in [-0.25, -0.2) is 4.98 Å². The fraction of sp³-hybridized carbons (Fsp3) is 0.579.